The molecule has 3 N–H and O–H groups in total. The topological polar surface area (TPSA) is 88.0 Å². The molecule has 0 aromatic heterocycles. The van der Waals surface area contributed by atoms with Crippen LogP contribution in [0.5, 0.6) is 0 Å². The smallest absolute Gasteiger partial charge is 0.404 e. The van der Waals surface area contributed by atoms with Gasteiger partial charge in [-0.3, -0.25) is 0 Å². The summed E-state index contributed by atoms with van der Waals surface area (Å²) in [6.07, 6.45) is 3.16. The Morgan fingerprint density at radius 3 is 2.17 bits per heavy atom. The van der Waals surface area contributed by atoms with E-state index in [1.807, 2.05) is 0 Å². The summed E-state index contributed by atoms with van der Waals surface area (Å²) in [4.78, 5) is 11.1. The fourth-order valence-corrected chi connectivity index (χ4v) is 3.16. The van der Waals surface area contributed by atoms with Gasteiger partial charge in [0.1, 0.15) is 6.10 Å². The van der Waals surface area contributed by atoms with E-state index in [4.69, 9.17) is 14.6 Å². The van der Waals surface area contributed by atoms with E-state index in [9.17, 15) is 9.90 Å². The maximum Gasteiger partial charge on any atom is 0.404 e. The normalized spacial score (nSPS) is 29.2. The van der Waals surface area contributed by atoms with Gasteiger partial charge in [-0.25, -0.2) is 4.79 Å². The van der Waals surface area contributed by atoms with Crippen molar-refractivity contribution in [3.05, 3.63) is 0 Å². The monoisotopic (exact) mass is 331 g/mol. The van der Waals surface area contributed by atoms with E-state index in [1.165, 1.54) is 0 Å². The van der Waals surface area contributed by atoms with Crippen molar-refractivity contribution in [1.82, 2.24) is 5.32 Å². The number of aliphatic hydroxyl groups is 1. The Balaban J connectivity index is 2.83. The Labute approximate surface area is 139 Å². The third kappa shape index (κ3) is 6.65. The zero-order valence-corrected chi connectivity index (χ0v) is 14.7. The molecule has 1 amide bonds. The van der Waals surface area contributed by atoms with Crippen molar-refractivity contribution in [2.24, 2.45) is 5.92 Å². The number of nitrogens with one attached hydrogen (secondary N) is 1. The first-order valence-electron chi connectivity index (χ1n) is 8.91. The van der Waals surface area contributed by atoms with Crippen LogP contribution in [0, 0.1) is 5.92 Å². The molecule has 5 atom stereocenters. The van der Waals surface area contributed by atoms with E-state index in [1.54, 1.807) is 6.92 Å². The molecule has 0 aromatic carbocycles. The second-order valence-corrected chi connectivity index (χ2v) is 6.42. The summed E-state index contributed by atoms with van der Waals surface area (Å²) >= 11 is 0. The molecule has 6 nitrogen and oxygen atoms in total. The van der Waals surface area contributed by atoms with Crippen molar-refractivity contribution in [3.8, 4) is 0 Å². The lowest BCUT2D eigenvalue weighted by molar-refractivity contribution is -0.147. The van der Waals surface area contributed by atoms with Crippen molar-refractivity contribution in [1.29, 1.82) is 0 Å². The molecule has 0 bridgehead atoms. The molecular weight excluding hydrogens is 298 g/mol. The van der Waals surface area contributed by atoms with Crippen LogP contribution < -0.4 is 5.32 Å². The lowest BCUT2D eigenvalue weighted by Crippen LogP contribution is -2.57. The Kier molecular flexibility index (Phi) is 9.52. The average Bonchev–Trinajstić information content (AvgIpc) is 2.49. The molecule has 0 radical (unpaired) electrons. The maximum atomic E-state index is 11.1. The predicted octanol–water partition coefficient (Wildman–Crippen LogP) is 2.78. The molecule has 1 aliphatic rings. The minimum atomic E-state index is -1.04. The van der Waals surface area contributed by atoms with Crippen LogP contribution in [0.4, 0.5) is 4.79 Å². The van der Waals surface area contributed by atoms with Gasteiger partial charge in [0, 0.05) is 19.1 Å². The van der Waals surface area contributed by atoms with Gasteiger partial charge in [-0.15, -0.1) is 0 Å². The van der Waals surface area contributed by atoms with Crippen LogP contribution in [0.25, 0.3) is 0 Å². The third-order valence-electron chi connectivity index (χ3n) is 4.50. The highest BCUT2D eigenvalue weighted by Crippen LogP contribution is 2.32. The van der Waals surface area contributed by atoms with Crippen LogP contribution in [0.1, 0.15) is 59.3 Å². The third-order valence-corrected chi connectivity index (χ3v) is 4.50. The van der Waals surface area contributed by atoms with Crippen molar-refractivity contribution < 1.29 is 24.5 Å². The lowest BCUT2D eigenvalue weighted by atomic mass is 9.78. The number of unbranched alkanes of at least 4 members (excludes halogenated alkanes) is 2. The molecule has 23 heavy (non-hydrogen) atoms. The van der Waals surface area contributed by atoms with Crippen molar-refractivity contribution in [2.75, 3.05) is 13.2 Å². The number of hydrogen-bond acceptors (Lipinski definition) is 4. The zero-order chi connectivity index (χ0) is 17.2. The number of rotatable bonds is 10. The zero-order valence-electron chi connectivity index (χ0n) is 14.7. The molecule has 0 aliphatic heterocycles. The minimum Gasteiger partial charge on any atom is -0.465 e. The van der Waals surface area contributed by atoms with Gasteiger partial charge in [-0.2, -0.15) is 0 Å². The minimum absolute atomic E-state index is 0.0228. The average molecular weight is 331 g/mol. The van der Waals surface area contributed by atoms with Gasteiger partial charge in [0.15, 0.2) is 0 Å². The standard InChI is InChI=1S/C17H33NO5/c1-4-6-10-22-15-13(12(3)19)8-9-14(18-17(20)21)16(15)23-11-7-5-2/h12-16,18-19H,4-11H2,1-3H3,(H,20,21)/t12?,13-,14+,15-,16-/m1/s1. The molecule has 6 heteroatoms. The number of carboxylic acid groups (broad SMARTS) is 1. The van der Waals surface area contributed by atoms with Gasteiger partial charge in [0.25, 0.3) is 0 Å². The van der Waals surface area contributed by atoms with Crippen molar-refractivity contribution in [2.45, 2.75) is 83.6 Å². The van der Waals surface area contributed by atoms with Gasteiger partial charge in [-0.1, -0.05) is 26.7 Å². The maximum absolute atomic E-state index is 11.1. The molecule has 0 heterocycles. The summed E-state index contributed by atoms with van der Waals surface area (Å²) < 4.78 is 12.0. The first-order valence-corrected chi connectivity index (χ1v) is 8.91. The van der Waals surface area contributed by atoms with Gasteiger partial charge in [0.2, 0.25) is 0 Å². The summed E-state index contributed by atoms with van der Waals surface area (Å²) in [7, 11) is 0. The second-order valence-electron chi connectivity index (χ2n) is 6.42. The molecule has 0 aromatic rings. The molecule has 1 unspecified atom stereocenters. The van der Waals surface area contributed by atoms with E-state index in [2.05, 4.69) is 19.2 Å². The molecule has 1 rings (SSSR count). The predicted molar refractivity (Wildman–Crippen MR) is 88.6 cm³/mol. The van der Waals surface area contributed by atoms with E-state index in [-0.39, 0.29) is 24.2 Å². The lowest BCUT2D eigenvalue weighted by Gasteiger charge is -2.43. The quantitative estimate of drug-likeness (QED) is 0.536. The fraction of sp³-hybridized carbons (Fsp3) is 0.941. The van der Waals surface area contributed by atoms with E-state index < -0.39 is 12.2 Å². The molecule has 1 fully saturated rings. The van der Waals surface area contributed by atoms with Gasteiger partial charge in [-0.05, 0) is 32.6 Å². The van der Waals surface area contributed by atoms with Crippen LogP contribution in [-0.4, -0.2) is 53.9 Å². The fourth-order valence-electron chi connectivity index (χ4n) is 3.16. The number of ether oxygens (including phenoxy) is 2. The highest BCUT2D eigenvalue weighted by Gasteiger charge is 2.43. The molecule has 136 valence electrons. The van der Waals surface area contributed by atoms with Gasteiger partial charge < -0.3 is 25.0 Å². The summed E-state index contributed by atoms with van der Waals surface area (Å²) in [5, 5.41) is 21.7. The first-order chi connectivity index (χ1) is 11.0. The van der Waals surface area contributed by atoms with Crippen LogP contribution >= 0.6 is 0 Å². The van der Waals surface area contributed by atoms with Gasteiger partial charge in [0.05, 0.1) is 18.2 Å². The number of aliphatic hydroxyl groups excluding tert-OH is 1. The van der Waals surface area contributed by atoms with E-state index in [0.717, 1.165) is 32.1 Å². The van der Waals surface area contributed by atoms with Crippen LogP contribution in [0.3, 0.4) is 0 Å². The Bertz CT molecular complexity index is 337. The van der Waals surface area contributed by atoms with E-state index >= 15 is 0 Å². The Morgan fingerprint density at radius 2 is 1.70 bits per heavy atom. The highest BCUT2D eigenvalue weighted by molar-refractivity contribution is 5.65. The summed E-state index contributed by atoms with van der Waals surface area (Å²) in [6, 6.07) is -0.286. The van der Waals surface area contributed by atoms with Crippen LogP contribution in [0.2, 0.25) is 0 Å². The number of hydrogen-bond donors (Lipinski definition) is 3. The van der Waals surface area contributed by atoms with E-state index in [0.29, 0.717) is 19.6 Å². The second kappa shape index (κ2) is 10.8. The van der Waals surface area contributed by atoms with Crippen LogP contribution in [0.15, 0.2) is 0 Å². The van der Waals surface area contributed by atoms with Crippen molar-refractivity contribution in [3.63, 3.8) is 0 Å². The largest absolute Gasteiger partial charge is 0.465 e. The van der Waals surface area contributed by atoms with Crippen molar-refractivity contribution >= 4 is 6.09 Å². The molecule has 1 aliphatic carbocycles. The molecular formula is C17H33NO5. The summed E-state index contributed by atoms with van der Waals surface area (Å²) in [5.74, 6) is -0.0228. The number of amides is 1. The highest BCUT2D eigenvalue weighted by atomic mass is 16.5. The summed E-state index contributed by atoms with van der Waals surface area (Å²) in [5.41, 5.74) is 0. The SMILES string of the molecule is CCCCO[C@H]1[C@H](OCCCC)[C@@H](C(C)O)CC[C@@H]1NC(=O)O. The Morgan fingerprint density at radius 1 is 1.13 bits per heavy atom. The first kappa shape index (κ1) is 20.2. The number of carbonyl (C=O) groups is 1. The molecule has 1 saturated carbocycles. The molecule has 0 spiro atoms. The van der Waals surface area contributed by atoms with Crippen LogP contribution in [-0.2, 0) is 9.47 Å². The Hall–Kier alpha value is -0.850. The van der Waals surface area contributed by atoms with Gasteiger partial charge >= 0.3 is 6.09 Å². The summed E-state index contributed by atoms with van der Waals surface area (Å²) in [6.45, 7) is 7.15. The molecule has 0 saturated heterocycles.